The number of aromatic amines is 1. The molecule has 128 valence electrons. The molecule has 0 unspecified atom stereocenters. The number of H-pyrrole nitrogens is 1. The third-order valence-corrected chi connectivity index (χ3v) is 3.47. The number of nitrogens with one attached hydrogen (secondary N) is 2. The van der Waals surface area contributed by atoms with Crippen molar-refractivity contribution in [2.24, 2.45) is 0 Å². The molecule has 2 N–H and O–H groups in total. The number of carbonyl (C=O) groups is 1. The standard InChI is InChI=1S/C18H18N4O3/c1-24-18-20-17(21-22-18)19-16(23)12-25-15-10-6-5-9-14(15)11-13-7-3-2-4-8-13/h2-10H,11-12H2,1H3,(H2,19,20,21,22,23). The van der Waals surface area contributed by atoms with Gasteiger partial charge in [-0.05, 0) is 17.2 Å². The second-order valence-corrected chi connectivity index (χ2v) is 5.28. The van der Waals surface area contributed by atoms with Crippen LogP contribution in [0.25, 0.3) is 0 Å². The van der Waals surface area contributed by atoms with Gasteiger partial charge in [-0.2, -0.15) is 4.98 Å². The van der Waals surface area contributed by atoms with Crippen molar-refractivity contribution in [3.63, 3.8) is 0 Å². The highest BCUT2D eigenvalue weighted by Gasteiger charge is 2.10. The molecule has 0 aliphatic carbocycles. The SMILES string of the molecule is COc1n[nH]c(NC(=O)COc2ccccc2Cc2ccccc2)n1. The molecule has 0 atom stereocenters. The molecule has 1 aromatic heterocycles. The van der Waals surface area contributed by atoms with E-state index < -0.39 is 0 Å². The molecular formula is C18H18N4O3. The lowest BCUT2D eigenvalue weighted by Gasteiger charge is -2.11. The summed E-state index contributed by atoms with van der Waals surface area (Å²) in [7, 11) is 1.45. The fourth-order valence-corrected chi connectivity index (χ4v) is 2.31. The monoisotopic (exact) mass is 338 g/mol. The largest absolute Gasteiger partial charge is 0.483 e. The van der Waals surface area contributed by atoms with Crippen LogP contribution in [0.4, 0.5) is 5.95 Å². The molecule has 0 radical (unpaired) electrons. The van der Waals surface area contributed by atoms with E-state index in [-0.39, 0.29) is 24.5 Å². The average molecular weight is 338 g/mol. The van der Waals surface area contributed by atoms with Gasteiger partial charge in [0.05, 0.1) is 7.11 Å². The maximum atomic E-state index is 12.0. The van der Waals surface area contributed by atoms with Gasteiger partial charge in [-0.3, -0.25) is 10.1 Å². The van der Waals surface area contributed by atoms with Gasteiger partial charge in [-0.1, -0.05) is 48.5 Å². The van der Waals surface area contributed by atoms with Crippen molar-refractivity contribution >= 4 is 11.9 Å². The Morgan fingerprint density at radius 2 is 1.88 bits per heavy atom. The van der Waals surface area contributed by atoms with Crippen molar-refractivity contribution in [1.82, 2.24) is 15.2 Å². The van der Waals surface area contributed by atoms with Crippen molar-refractivity contribution in [3.05, 3.63) is 65.7 Å². The summed E-state index contributed by atoms with van der Waals surface area (Å²) in [5.41, 5.74) is 2.19. The van der Waals surface area contributed by atoms with Gasteiger partial charge in [0.15, 0.2) is 6.61 Å². The fraction of sp³-hybridized carbons (Fsp3) is 0.167. The quantitative estimate of drug-likeness (QED) is 0.690. The Bertz CT molecular complexity index is 833. The van der Waals surface area contributed by atoms with Crippen molar-refractivity contribution in [2.45, 2.75) is 6.42 Å². The Morgan fingerprint density at radius 1 is 1.12 bits per heavy atom. The molecule has 0 spiro atoms. The number of benzene rings is 2. The lowest BCUT2D eigenvalue weighted by atomic mass is 10.0. The number of anilines is 1. The summed E-state index contributed by atoms with van der Waals surface area (Å²) in [6, 6.07) is 17.9. The molecule has 0 fully saturated rings. The zero-order chi connectivity index (χ0) is 17.5. The molecule has 3 aromatic rings. The summed E-state index contributed by atoms with van der Waals surface area (Å²) in [5.74, 6) is 0.549. The van der Waals surface area contributed by atoms with Crippen LogP contribution in [0.1, 0.15) is 11.1 Å². The molecule has 25 heavy (non-hydrogen) atoms. The van der Waals surface area contributed by atoms with E-state index in [1.54, 1.807) is 0 Å². The Hall–Kier alpha value is -3.35. The van der Waals surface area contributed by atoms with Gasteiger partial charge in [0.25, 0.3) is 5.91 Å². The molecule has 3 rings (SSSR count). The zero-order valence-electron chi connectivity index (χ0n) is 13.7. The van der Waals surface area contributed by atoms with Crippen molar-refractivity contribution in [2.75, 3.05) is 19.0 Å². The molecule has 1 heterocycles. The lowest BCUT2D eigenvalue weighted by molar-refractivity contribution is -0.118. The molecule has 0 aliphatic rings. The van der Waals surface area contributed by atoms with E-state index in [2.05, 4.69) is 32.6 Å². The van der Waals surface area contributed by atoms with Gasteiger partial charge in [-0.15, -0.1) is 5.10 Å². The minimum atomic E-state index is -0.340. The normalized spacial score (nSPS) is 10.3. The van der Waals surface area contributed by atoms with Crippen LogP contribution in [0, 0.1) is 0 Å². The smallest absolute Gasteiger partial charge is 0.336 e. The number of amides is 1. The van der Waals surface area contributed by atoms with E-state index in [0.717, 1.165) is 12.0 Å². The molecule has 1 amide bonds. The number of carbonyl (C=O) groups excluding carboxylic acids is 1. The number of hydrogen-bond donors (Lipinski definition) is 2. The van der Waals surface area contributed by atoms with E-state index >= 15 is 0 Å². The predicted molar refractivity (Wildman–Crippen MR) is 92.7 cm³/mol. The van der Waals surface area contributed by atoms with Gasteiger partial charge < -0.3 is 9.47 Å². The van der Waals surface area contributed by atoms with Crippen molar-refractivity contribution < 1.29 is 14.3 Å². The van der Waals surface area contributed by atoms with Crippen LogP contribution in [0.5, 0.6) is 11.8 Å². The van der Waals surface area contributed by atoms with E-state index in [0.29, 0.717) is 5.75 Å². The molecule has 0 bridgehead atoms. The fourth-order valence-electron chi connectivity index (χ4n) is 2.31. The van der Waals surface area contributed by atoms with Crippen molar-refractivity contribution in [1.29, 1.82) is 0 Å². The molecule has 0 aliphatic heterocycles. The maximum Gasteiger partial charge on any atom is 0.336 e. The number of para-hydroxylation sites is 1. The van der Waals surface area contributed by atoms with Gasteiger partial charge >= 0.3 is 6.01 Å². The van der Waals surface area contributed by atoms with E-state index in [1.807, 2.05) is 42.5 Å². The maximum absolute atomic E-state index is 12.0. The highest BCUT2D eigenvalue weighted by Crippen LogP contribution is 2.21. The van der Waals surface area contributed by atoms with E-state index in [4.69, 9.17) is 9.47 Å². The first-order valence-corrected chi connectivity index (χ1v) is 7.75. The number of aromatic nitrogens is 3. The van der Waals surface area contributed by atoms with E-state index in [1.165, 1.54) is 12.7 Å². The number of hydrogen-bond acceptors (Lipinski definition) is 5. The van der Waals surface area contributed by atoms with Gasteiger partial charge in [0.1, 0.15) is 5.75 Å². The summed E-state index contributed by atoms with van der Waals surface area (Å²) in [5, 5.41) is 8.87. The Balaban J connectivity index is 1.60. The lowest BCUT2D eigenvalue weighted by Crippen LogP contribution is -2.21. The first-order valence-electron chi connectivity index (χ1n) is 7.75. The minimum Gasteiger partial charge on any atom is -0.483 e. The van der Waals surface area contributed by atoms with Crippen LogP contribution in [0.2, 0.25) is 0 Å². The first-order chi connectivity index (χ1) is 12.2. The zero-order valence-corrected chi connectivity index (χ0v) is 13.7. The third-order valence-electron chi connectivity index (χ3n) is 3.47. The highest BCUT2D eigenvalue weighted by molar-refractivity contribution is 5.90. The number of ether oxygens (including phenoxy) is 2. The minimum absolute atomic E-state index is 0.130. The van der Waals surface area contributed by atoms with Crippen LogP contribution < -0.4 is 14.8 Å². The summed E-state index contributed by atoms with van der Waals surface area (Å²) >= 11 is 0. The summed E-state index contributed by atoms with van der Waals surface area (Å²) < 4.78 is 10.5. The Morgan fingerprint density at radius 3 is 2.64 bits per heavy atom. The number of nitrogens with zero attached hydrogens (tertiary/aromatic N) is 2. The van der Waals surface area contributed by atoms with Crippen LogP contribution in [0.15, 0.2) is 54.6 Å². The molecular weight excluding hydrogens is 320 g/mol. The second-order valence-electron chi connectivity index (χ2n) is 5.28. The van der Waals surface area contributed by atoms with E-state index in [9.17, 15) is 4.79 Å². The van der Waals surface area contributed by atoms with Gasteiger partial charge in [0, 0.05) is 6.42 Å². The first kappa shape index (κ1) is 16.5. The summed E-state index contributed by atoms with van der Waals surface area (Å²) in [6.45, 7) is -0.130. The predicted octanol–water partition coefficient (Wildman–Crippen LogP) is 2.42. The van der Waals surface area contributed by atoms with Crippen LogP contribution >= 0.6 is 0 Å². The van der Waals surface area contributed by atoms with Crippen molar-refractivity contribution in [3.8, 4) is 11.8 Å². The highest BCUT2D eigenvalue weighted by atomic mass is 16.5. The van der Waals surface area contributed by atoms with Crippen LogP contribution in [-0.2, 0) is 11.2 Å². The molecule has 7 nitrogen and oxygen atoms in total. The number of rotatable bonds is 7. The molecule has 0 saturated heterocycles. The second kappa shape index (κ2) is 7.96. The Kier molecular flexibility index (Phi) is 5.26. The van der Waals surface area contributed by atoms with Gasteiger partial charge in [-0.25, -0.2) is 5.10 Å². The number of methoxy groups -OCH3 is 1. The van der Waals surface area contributed by atoms with Crippen LogP contribution in [0.3, 0.4) is 0 Å². The summed E-state index contributed by atoms with van der Waals surface area (Å²) in [6.07, 6.45) is 0.734. The van der Waals surface area contributed by atoms with Gasteiger partial charge in [0.2, 0.25) is 5.95 Å². The third kappa shape index (κ3) is 4.57. The average Bonchev–Trinajstić information content (AvgIpc) is 3.09. The Labute approximate surface area is 145 Å². The molecule has 7 heteroatoms. The topological polar surface area (TPSA) is 89.1 Å². The molecule has 2 aromatic carbocycles. The van der Waals surface area contributed by atoms with Crippen LogP contribution in [-0.4, -0.2) is 34.8 Å². The molecule has 0 saturated carbocycles. The summed E-state index contributed by atoms with van der Waals surface area (Å²) in [4.78, 5) is 15.9.